The van der Waals surface area contributed by atoms with Gasteiger partial charge < -0.3 is 20.5 Å². The number of nitrogen functional groups attached to an aromatic ring is 1. The van der Waals surface area contributed by atoms with Crippen molar-refractivity contribution in [2.24, 2.45) is 0 Å². The van der Waals surface area contributed by atoms with Crippen LogP contribution in [-0.4, -0.2) is 40.1 Å². The van der Waals surface area contributed by atoms with Crippen LogP contribution in [0.2, 0.25) is 10.0 Å². The van der Waals surface area contributed by atoms with Gasteiger partial charge in [0.2, 0.25) is 5.95 Å². The second-order valence-corrected chi connectivity index (χ2v) is 10.1. The van der Waals surface area contributed by atoms with Crippen LogP contribution in [0.3, 0.4) is 0 Å². The van der Waals surface area contributed by atoms with Gasteiger partial charge in [0.1, 0.15) is 0 Å². The van der Waals surface area contributed by atoms with Crippen molar-refractivity contribution in [3.8, 4) is 0 Å². The van der Waals surface area contributed by atoms with Gasteiger partial charge in [-0.05, 0) is 73.7 Å². The van der Waals surface area contributed by atoms with E-state index in [0.29, 0.717) is 22.0 Å². The molecule has 2 aromatic carbocycles. The highest BCUT2D eigenvalue weighted by molar-refractivity contribution is 6.35. The van der Waals surface area contributed by atoms with Gasteiger partial charge >= 0.3 is 0 Å². The normalized spacial score (nSPS) is 19.8. The minimum atomic E-state index is -0.0767. The van der Waals surface area contributed by atoms with Crippen molar-refractivity contribution in [3.05, 3.63) is 75.9 Å². The van der Waals surface area contributed by atoms with Crippen LogP contribution in [0.4, 0.5) is 5.95 Å². The van der Waals surface area contributed by atoms with Crippen LogP contribution in [0.25, 0.3) is 16.6 Å². The van der Waals surface area contributed by atoms with Crippen LogP contribution < -0.4 is 11.1 Å². The third-order valence-corrected chi connectivity index (χ3v) is 7.78. The van der Waals surface area contributed by atoms with Gasteiger partial charge in [0.05, 0.1) is 17.1 Å². The molecule has 0 radical (unpaired) electrons. The predicted octanol–water partition coefficient (Wildman–Crippen LogP) is 6.28. The van der Waals surface area contributed by atoms with Gasteiger partial charge in [-0.2, -0.15) is 0 Å². The highest BCUT2D eigenvalue weighted by Gasteiger charge is 2.23. The third-order valence-electron chi connectivity index (χ3n) is 7.22. The Hall–Kier alpha value is -2.47. The number of nitrogens with one attached hydrogen (secondary N) is 1. The molecule has 1 aromatic heterocycles. The second-order valence-electron chi connectivity index (χ2n) is 9.30. The fraction of sp³-hybridized carbons (Fsp3) is 0.370. The number of anilines is 1. The molecule has 34 heavy (non-hydrogen) atoms. The Morgan fingerprint density at radius 2 is 2.06 bits per heavy atom. The molecule has 2 aliphatic heterocycles. The summed E-state index contributed by atoms with van der Waals surface area (Å²) in [6.07, 6.45) is 7.05. The average Bonchev–Trinajstić information content (AvgIpc) is 3.18. The van der Waals surface area contributed by atoms with Crippen molar-refractivity contribution in [2.45, 2.75) is 44.7 Å². The lowest BCUT2D eigenvalue weighted by molar-refractivity contribution is 0.310. The molecule has 178 valence electrons. The molecule has 0 saturated carbocycles. The Morgan fingerprint density at radius 3 is 2.76 bits per heavy atom. The van der Waals surface area contributed by atoms with Crippen molar-refractivity contribution >= 4 is 45.8 Å². The minimum Gasteiger partial charge on any atom is -0.370 e. The number of nitrogens with two attached hydrogens (primary N) is 1. The number of hydrogen-bond donors (Lipinski definition) is 2. The Balaban J connectivity index is 1.41. The van der Waals surface area contributed by atoms with Crippen LogP contribution in [0.15, 0.2) is 54.8 Å². The summed E-state index contributed by atoms with van der Waals surface area (Å²) in [5.74, 6) is 0.478. The number of fused-ring (bicyclic) bond motifs is 1. The minimum absolute atomic E-state index is 0.0767. The topological polar surface area (TPSA) is 59.1 Å². The molecule has 0 bridgehead atoms. The van der Waals surface area contributed by atoms with Crippen molar-refractivity contribution in [1.29, 1.82) is 0 Å². The Bertz CT molecular complexity index is 1260. The first kappa shape index (κ1) is 23.3. The first-order valence-electron chi connectivity index (χ1n) is 12.0. The number of benzene rings is 2. The molecule has 2 aliphatic rings. The van der Waals surface area contributed by atoms with E-state index in [-0.39, 0.29) is 6.04 Å². The van der Waals surface area contributed by atoms with Crippen LogP contribution in [0.5, 0.6) is 0 Å². The summed E-state index contributed by atoms with van der Waals surface area (Å²) < 4.78 is 2.06. The maximum Gasteiger partial charge on any atom is 0.201 e. The largest absolute Gasteiger partial charge is 0.370 e. The first-order chi connectivity index (χ1) is 16.4. The molecule has 0 spiro atoms. The number of imidazole rings is 1. The second kappa shape index (κ2) is 9.65. The van der Waals surface area contributed by atoms with Gasteiger partial charge in [-0.3, -0.25) is 0 Å². The average molecular weight is 496 g/mol. The van der Waals surface area contributed by atoms with Crippen molar-refractivity contribution in [3.63, 3.8) is 0 Å². The van der Waals surface area contributed by atoms with Gasteiger partial charge in [0.15, 0.2) is 0 Å². The van der Waals surface area contributed by atoms with Crippen molar-refractivity contribution in [1.82, 2.24) is 19.8 Å². The summed E-state index contributed by atoms with van der Waals surface area (Å²) in [6, 6.07) is 12.3. The van der Waals surface area contributed by atoms with Crippen LogP contribution >= 0.6 is 23.2 Å². The van der Waals surface area contributed by atoms with E-state index in [1.165, 1.54) is 36.1 Å². The molecular weight excluding hydrogens is 465 g/mol. The maximum absolute atomic E-state index is 6.51. The van der Waals surface area contributed by atoms with E-state index in [1.807, 2.05) is 12.1 Å². The lowest BCUT2D eigenvalue weighted by Crippen LogP contribution is -2.42. The molecule has 3 heterocycles. The summed E-state index contributed by atoms with van der Waals surface area (Å²) in [7, 11) is 0. The van der Waals surface area contributed by atoms with Gasteiger partial charge in [-0.15, -0.1) is 0 Å². The van der Waals surface area contributed by atoms with Crippen molar-refractivity contribution < 1.29 is 0 Å². The summed E-state index contributed by atoms with van der Waals surface area (Å²) in [5.41, 5.74) is 13.0. The zero-order valence-electron chi connectivity index (χ0n) is 19.5. The number of aromatic nitrogens is 2. The number of hydrogen-bond acceptors (Lipinski definition) is 4. The molecular formula is C27H31Cl2N5. The summed E-state index contributed by atoms with van der Waals surface area (Å²) >= 11 is 12.6. The van der Waals surface area contributed by atoms with Crippen LogP contribution in [-0.2, 0) is 0 Å². The maximum atomic E-state index is 6.51. The molecule has 3 N–H and O–H groups in total. The summed E-state index contributed by atoms with van der Waals surface area (Å²) in [4.78, 5) is 7.02. The Labute approximate surface area is 211 Å². The smallest absolute Gasteiger partial charge is 0.201 e. The molecule has 1 fully saturated rings. The standard InChI is InChI=1S/C27H31Cl2N5/c1-17(22-8-7-21(28)16-23(22)29)34-26-15-20(6-9-25(26)32-27(34)30)19-10-13-33(14-11-19)18(2)24-5-3-4-12-31-24/h6-10,15-17,24,31H,2-5,11-14H2,1H3,(H2,30,32)/t17?,24-/m1/s1. The lowest BCUT2D eigenvalue weighted by atomic mass is 9.96. The van der Waals surface area contributed by atoms with E-state index < -0.39 is 0 Å². The molecule has 1 saturated heterocycles. The fourth-order valence-electron chi connectivity index (χ4n) is 5.25. The number of halogens is 2. The van der Waals surface area contributed by atoms with Gasteiger partial charge in [-0.25, -0.2) is 4.98 Å². The Morgan fingerprint density at radius 1 is 1.21 bits per heavy atom. The molecule has 7 heteroatoms. The third kappa shape index (κ3) is 4.45. The number of nitrogens with zero attached hydrogens (tertiary/aromatic N) is 3. The number of piperidine rings is 1. The van der Waals surface area contributed by atoms with Gasteiger partial charge in [-0.1, -0.05) is 54.4 Å². The fourth-order valence-corrected chi connectivity index (χ4v) is 5.81. The number of rotatable bonds is 5. The summed E-state index contributed by atoms with van der Waals surface area (Å²) in [6.45, 7) is 9.46. The molecule has 5 nitrogen and oxygen atoms in total. The molecule has 5 rings (SSSR count). The molecule has 3 aromatic rings. The molecule has 0 aliphatic carbocycles. The van der Waals surface area contributed by atoms with E-state index >= 15 is 0 Å². The zero-order chi connectivity index (χ0) is 23.8. The monoisotopic (exact) mass is 495 g/mol. The van der Waals surface area contributed by atoms with E-state index in [4.69, 9.17) is 28.9 Å². The molecule has 0 amide bonds. The van der Waals surface area contributed by atoms with Crippen molar-refractivity contribution in [2.75, 3.05) is 25.4 Å². The van der Waals surface area contributed by atoms with E-state index in [9.17, 15) is 0 Å². The van der Waals surface area contributed by atoms with Gasteiger partial charge in [0.25, 0.3) is 0 Å². The van der Waals surface area contributed by atoms with E-state index in [1.54, 1.807) is 6.07 Å². The Kier molecular flexibility index (Phi) is 6.61. The zero-order valence-corrected chi connectivity index (χ0v) is 21.0. The quantitative estimate of drug-likeness (QED) is 0.437. The first-order valence-corrected chi connectivity index (χ1v) is 12.8. The highest BCUT2D eigenvalue weighted by Crippen LogP contribution is 2.34. The van der Waals surface area contributed by atoms with Gasteiger partial charge in [0, 0.05) is 34.9 Å². The van der Waals surface area contributed by atoms with E-state index in [0.717, 1.165) is 42.7 Å². The highest BCUT2D eigenvalue weighted by atomic mass is 35.5. The van der Waals surface area contributed by atoms with E-state index in [2.05, 4.69) is 57.5 Å². The molecule has 1 unspecified atom stereocenters. The van der Waals surface area contributed by atoms with Crippen LogP contribution in [0.1, 0.15) is 49.8 Å². The lowest BCUT2D eigenvalue weighted by Gasteiger charge is -2.36. The van der Waals surface area contributed by atoms with Crippen LogP contribution in [0, 0.1) is 0 Å². The predicted molar refractivity (Wildman–Crippen MR) is 143 cm³/mol. The molecule has 2 atom stereocenters. The summed E-state index contributed by atoms with van der Waals surface area (Å²) in [5, 5.41) is 4.86. The SMILES string of the molecule is C=C([C@H]1CCCCN1)N1CC=C(c2ccc3nc(N)n(C(C)c4ccc(Cl)cc4Cl)c3c2)CC1.